The lowest BCUT2D eigenvalue weighted by Crippen LogP contribution is -2.40. The Labute approximate surface area is 215 Å². The zero-order valence-electron chi connectivity index (χ0n) is 21.9. The SMILES string of the molecule is CC1C=Cc2c(C3CCC(C[C@@H]4CCCC[C@H]4CN4C(=O)C5C6CCC(C6)C5C4=O)CC3)noc2C1. The molecular weight excluding hydrogens is 448 g/mol. The first kappa shape index (κ1) is 23.2. The number of imide groups is 1. The van der Waals surface area contributed by atoms with Crippen LogP contribution in [0.25, 0.3) is 6.08 Å². The van der Waals surface area contributed by atoms with Crippen LogP contribution in [0.5, 0.6) is 0 Å². The zero-order chi connectivity index (χ0) is 24.4. The molecule has 5 heteroatoms. The van der Waals surface area contributed by atoms with E-state index < -0.39 is 0 Å². The van der Waals surface area contributed by atoms with Crippen LogP contribution in [0.2, 0.25) is 0 Å². The predicted octanol–water partition coefficient (Wildman–Crippen LogP) is 6.38. The van der Waals surface area contributed by atoms with E-state index in [0.717, 1.165) is 24.5 Å². The Balaban J connectivity index is 0.972. The molecule has 0 spiro atoms. The van der Waals surface area contributed by atoms with E-state index in [1.165, 1.54) is 81.9 Å². The van der Waals surface area contributed by atoms with Crippen molar-refractivity contribution < 1.29 is 14.1 Å². The van der Waals surface area contributed by atoms with Crippen LogP contribution in [0, 0.1) is 47.3 Å². The highest BCUT2D eigenvalue weighted by Crippen LogP contribution is 2.56. The van der Waals surface area contributed by atoms with Crippen molar-refractivity contribution in [3.63, 3.8) is 0 Å². The maximum atomic E-state index is 13.3. The monoisotopic (exact) mass is 490 g/mol. The Morgan fingerprint density at radius 1 is 0.917 bits per heavy atom. The van der Waals surface area contributed by atoms with Crippen molar-refractivity contribution in [2.75, 3.05) is 6.54 Å². The molecule has 5 unspecified atom stereocenters. The van der Waals surface area contributed by atoms with Crippen LogP contribution in [0.4, 0.5) is 0 Å². The van der Waals surface area contributed by atoms with Gasteiger partial charge in [0.2, 0.25) is 11.8 Å². The van der Waals surface area contributed by atoms with E-state index in [2.05, 4.69) is 24.2 Å². The first-order valence-corrected chi connectivity index (χ1v) is 15.1. The van der Waals surface area contributed by atoms with Crippen molar-refractivity contribution in [3.8, 4) is 0 Å². The van der Waals surface area contributed by atoms with Gasteiger partial charge in [-0.3, -0.25) is 14.5 Å². The van der Waals surface area contributed by atoms with E-state index in [1.54, 1.807) is 4.90 Å². The normalized spacial score (nSPS) is 41.7. The molecule has 194 valence electrons. The van der Waals surface area contributed by atoms with Gasteiger partial charge >= 0.3 is 0 Å². The molecule has 5 fully saturated rings. The number of carbonyl (C=O) groups excluding carboxylic acids is 2. The Bertz CT molecular complexity index is 1020. The minimum atomic E-state index is 0.0360. The Morgan fingerprint density at radius 2 is 1.61 bits per heavy atom. The van der Waals surface area contributed by atoms with Gasteiger partial charge in [0.1, 0.15) is 5.76 Å². The summed E-state index contributed by atoms with van der Waals surface area (Å²) in [6.45, 7) is 2.94. The summed E-state index contributed by atoms with van der Waals surface area (Å²) in [7, 11) is 0. The molecule has 1 aliphatic heterocycles. The molecule has 5 nitrogen and oxygen atoms in total. The second-order valence-corrected chi connectivity index (χ2v) is 13.4. The second-order valence-electron chi connectivity index (χ2n) is 13.4. The molecule has 36 heavy (non-hydrogen) atoms. The maximum absolute atomic E-state index is 13.3. The second kappa shape index (κ2) is 9.13. The minimum absolute atomic E-state index is 0.0360. The van der Waals surface area contributed by atoms with Crippen LogP contribution in [-0.4, -0.2) is 28.4 Å². The van der Waals surface area contributed by atoms with Gasteiger partial charge in [-0.25, -0.2) is 0 Å². The van der Waals surface area contributed by atoms with Crippen molar-refractivity contribution in [1.29, 1.82) is 0 Å². The molecule has 1 aromatic rings. The van der Waals surface area contributed by atoms with Crippen LogP contribution in [0.15, 0.2) is 10.6 Å². The number of fused-ring (bicyclic) bond motifs is 6. The fourth-order valence-corrected chi connectivity index (χ4v) is 9.41. The first-order chi connectivity index (χ1) is 17.6. The number of carbonyl (C=O) groups is 2. The summed E-state index contributed by atoms with van der Waals surface area (Å²) in [5.74, 6) is 5.55. The largest absolute Gasteiger partial charge is 0.360 e. The highest BCUT2D eigenvalue weighted by Gasteiger charge is 2.61. The lowest BCUT2D eigenvalue weighted by molar-refractivity contribution is -0.142. The van der Waals surface area contributed by atoms with Crippen LogP contribution < -0.4 is 0 Å². The smallest absolute Gasteiger partial charge is 0.233 e. The highest BCUT2D eigenvalue weighted by atomic mass is 16.5. The fraction of sp³-hybridized carbons (Fsp3) is 0.774. The third kappa shape index (κ3) is 3.82. The number of rotatable bonds is 5. The van der Waals surface area contributed by atoms with E-state index in [1.807, 2.05) is 0 Å². The van der Waals surface area contributed by atoms with Crippen molar-refractivity contribution in [2.45, 2.75) is 96.3 Å². The summed E-state index contributed by atoms with van der Waals surface area (Å²) in [6.07, 6.45) is 20.2. The molecule has 2 heterocycles. The minimum Gasteiger partial charge on any atom is -0.360 e. The molecule has 1 aromatic heterocycles. The molecule has 4 saturated carbocycles. The summed E-state index contributed by atoms with van der Waals surface area (Å²) in [6, 6.07) is 0. The van der Waals surface area contributed by atoms with Crippen molar-refractivity contribution in [2.24, 2.45) is 47.3 Å². The van der Waals surface area contributed by atoms with Gasteiger partial charge in [0.25, 0.3) is 0 Å². The topological polar surface area (TPSA) is 63.4 Å². The molecule has 2 amide bonds. The van der Waals surface area contributed by atoms with Crippen molar-refractivity contribution in [3.05, 3.63) is 23.1 Å². The molecule has 7 rings (SSSR count). The number of allylic oxidation sites excluding steroid dienone is 1. The summed E-state index contributed by atoms with van der Waals surface area (Å²) < 4.78 is 5.74. The average Bonchev–Trinajstić information content (AvgIpc) is 3.66. The maximum Gasteiger partial charge on any atom is 0.233 e. The molecule has 2 bridgehead atoms. The summed E-state index contributed by atoms with van der Waals surface area (Å²) >= 11 is 0. The van der Waals surface area contributed by atoms with Crippen LogP contribution >= 0.6 is 0 Å². The molecule has 0 radical (unpaired) electrons. The molecule has 0 N–H and O–H groups in total. The van der Waals surface area contributed by atoms with E-state index in [0.29, 0.717) is 42.1 Å². The average molecular weight is 491 g/mol. The number of hydrogen-bond acceptors (Lipinski definition) is 4. The van der Waals surface area contributed by atoms with Gasteiger partial charge in [-0.1, -0.05) is 43.5 Å². The first-order valence-electron chi connectivity index (χ1n) is 15.1. The Morgan fingerprint density at radius 3 is 2.33 bits per heavy atom. The number of likely N-dealkylation sites (tertiary alicyclic amines) is 1. The molecule has 1 saturated heterocycles. The lowest BCUT2D eigenvalue weighted by Gasteiger charge is -2.37. The number of amides is 2. The van der Waals surface area contributed by atoms with Gasteiger partial charge in [-0.05, 0) is 93.3 Å². The third-order valence-corrected chi connectivity index (χ3v) is 11.3. The molecule has 5 aliphatic carbocycles. The standard InChI is InChI=1S/C31H42N2O3/c1-18-6-13-25-26(14-18)36-32-29(25)20-9-7-19(8-10-20)15-21-4-2-3-5-24(21)17-33-30(34)27-22-11-12-23(16-22)28(27)31(33)35/h6,13,18-24,27-28H,2-5,7-12,14-17H2,1H3/t18?,19?,20?,21-,22?,23?,24-,27?,28?/m0/s1. The van der Waals surface area contributed by atoms with Crippen LogP contribution in [0.1, 0.15) is 107 Å². The lowest BCUT2D eigenvalue weighted by atomic mass is 9.70. The molecule has 0 aromatic carbocycles. The predicted molar refractivity (Wildman–Crippen MR) is 138 cm³/mol. The highest BCUT2D eigenvalue weighted by molar-refractivity contribution is 6.06. The van der Waals surface area contributed by atoms with E-state index >= 15 is 0 Å². The fourth-order valence-electron chi connectivity index (χ4n) is 9.41. The van der Waals surface area contributed by atoms with Crippen molar-refractivity contribution >= 4 is 17.9 Å². The van der Waals surface area contributed by atoms with Gasteiger partial charge in [-0.15, -0.1) is 0 Å². The quantitative estimate of drug-likeness (QED) is 0.449. The molecular formula is C31H42N2O3. The summed E-state index contributed by atoms with van der Waals surface area (Å²) in [4.78, 5) is 28.4. The zero-order valence-corrected chi connectivity index (χ0v) is 21.9. The summed E-state index contributed by atoms with van der Waals surface area (Å²) in [5, 5.41) is 4.52. The molecule has 7 atom stereocenters. The number of aromatic nitrogens is 1. The van der Waals surface area contributed by atoms with E-state index in [4.69, 9.17) is 4.52 Å². The van der Waals surface area contributed by atoms with Crippen LogP contribution in [-0.2, 0) is 16.0 Å². The van der Waals surface area contributed by atoms with Gasteiger partial charge in [-0.2, -0.15) is 0 Å². The van der Waals surface area contributed by atoms with Gasteiger partial charge < -0.3 is 4.52 Å². The van der Waals surface area contributed by atoms with E-state index in [9.17, 15) is 9.59 Å². The Kier molecular flexibility index (Phi) is 5.89. The van der Waals surface area contributed by atoms with Gasteiger partial charge in [0.05, 0.1) is 17.5 Å². The van der Waals surface area contributed by atoms with Gasteiger partial charge in [0.15, 0.2) is 0 Å². The number of hydrogen-bond donors (Lipinski definition) is 0. The Hall–Kier alpha value is -1.91. The number of nitrogens with zero attached hydrogens (tertiary/aromatic N) is 2. The van der Waals surface area contributed by atoms with Crippen LogP contribution in [0.3, 0.4) is 0 Å². The van der Waals surface area contributed by atoms with E-state index in [-0.39, 0.29) is 23.7 Å². The molecule has 6 aliphatic rings. The van der Waals surface area contributed by atoms with Crippen molar-refractivity contribution in [1.82, 2.24) is 10.1 Å². The third-order valence-electron chi connectivity index (χ3n) is 11.3. The summed E-state index contributed by atoms with van der Waals surface area (Å²) in [5.41, 5.74) is 2.47. The van der Waals surface area contributed by atoms with Gasteiger partial charge in [0, 0.05) is 24.4 Å².